The highest BCUT2D eigenvalue weighted by molar-refractivity contribution is 5.94. The maximum absolute atomic E-state index is 13.9. The summed E-state index contributed by atoms with van der Waals surface area (Å²) in [6, 6.07) is 7.86. The van der Waals surface area contributed by atoms with Crippen LogP contribution in [0.5, 0.6) is 0 Å². The van der Waals surface area contributed by atoms with E-state index in [0.29, 0.717) is 11.6 Å². The van der Waals surface area contributed by atoms with Crippen molar-refractivity contribution < 1.29 is 14.3 Å². The van der Waals surface area contributed by atoms with Crippen LogP contribution < -0.4 is 5.56 Å². The number of aryl methyl sites for hydroxylation is 1. The highest BCUT2D eigenvalue weighted by Gasteiger charge is 2.27. The van der Waals surface area contributed by atoms with E-state index in [2.05, 4.69) is 21.1 Å². The molecule has 0 radical (unpaired) electrons. The van der Waals surface area contributed by atoms with Crippen molar-refractivity contribution >= 4 is 17.5 Å². The van der Waals surface area contributed by atoms with E-state index in [9.17, 15) is 14.4 Å². The van der Waals surface area contributed by atoms with Crippen LogP contribution in [0, 0.1) is 11.8 Å². The standard InChI is InChI=1S/C35H47N5O4/c1-25-5-3-17-37(25)18-4-6-31-34(29-12-14-33(42)39(23-29)21-22-44-26(2)41)36-32-13-11-30(24-40(31)32)35(43)38(19-15-27-7-8-27)20-16-28-9-10-28/h11-14,23-25,27-28H,3-10,15-22H2,1-2H3. The van der Waals surface area contributed by atoms with Crippen molar-refractivity contribution in [1.29, 1.82) is 0 Å². The first kappa shape index (κ1) is 30.6. The monoisotopic (exact) mass is 601 g/mol. The largest absolute Gasteiger partial charge is 0.464 e. The molecule has 3 aromatic rings. The van der Waals surface area contributed by atoms with Gasteiger partial charge in [0.1, 0.15) is 12.3 Å². The van der Waals surface area contributed by atoms with Gasteiger partial charge in [0.05, 0.1) is 23.5 Å². The van der Waals surface area contributed by atoms with Gasteiger partial charge in [-0.2, -0.15) is 0 Å². The van der Waals surface area contributed by atoms with Gasteiger partial charge in [0, 0.05) is 50.1 Å². The smallest absolute Gasteiger partial charge is 0.302 e. The number of likely N-dealkylation sites (tertiary alicyclic amines) is 1. The maximum Gasteiger partial charge on any atom is 0.302 e. The molecule has 1 aliphatic heterocycles. The fraction of sp³-hybridized carbons (Fsp3) is 0.600. The molecule has 0 N–H and O–H groups in total. The molecular formula is C35H47N5O4. The Morgan fingerprint density at radius 1 is 0.977 bits per heavy atom. The van der Waals surface area contributed by atoms with Crippen LogP contribution >= 0.6 is 0 Å². The molecular weight excluding hydrogens is 554 g/mol. The molecule has 1 saturated heterocycles. The molecule has 2 saturated carbocycles. The first-order chi connectivity index (χ1) is 21.4. The van der Waals surface area contributed by atoms with Gasteiger partial charge in [-0.3, -0.25) is 14.4 Å². The number of rotatable bonds is 15. The Bertz CT molecular complexity index is 1520. The van der Waals surface area contributed by atoms with Crippen molar-refractivity contribution in [3.8, 4) is 11.3 Å². The van der Waals surface area contributed by atoms with Gasteiger partial charge in [0.25, 0.3) is 11.5 Å². The fourth-order valence-electron chi connectivity index (χ4n) is 6.59. The lowest BCUT2D eigenvalue weighted by Gasteiger charge is -2.23. The molecule has 1 atom stereocenters. The zero-order chi connectivity index (χ0) is 30.6. The summed E-state index contributed by atoms with van der Waals surface area (Å²) in [7, 11) is 0. The summed E-state index contributed by atoms with van der Waals surface area (Å²) in [5, 5.41) is 0. The van der Waals surface area contributed by atoms with Crippen molar-refractivity contribution in [3.05, 3.63) is 58.3 Å². The molecule has 0 bridgehead atoms. The second-order valence-corrected chi connectivity index (χ2v) is 13.2. The van der Waals surface area contributed by atoms with E-state index < -0.39 is 0 Å². The molecule has 0 aromatic carbocycles. The zero-order valence-corrected chi connectivity index (χ0v) is 26.4. The van der Waals surface area contributed by atoms with Crippen LogP contribution in [-0.4, -0.2) is 74.5 Å². The number of esters is 1. The van der Waals surface area contributed by atoms with Gasteiger partial charge in [-0.05, 0) is 88.6 Å². The second-order valence-electron chi connectivity index (χ2n) is 13.2. The molecule has 44 heavy (non-hydrogen) atoms. The van der Waals surface area contributed by atoms with Gasteiger partial charge in [-0.25, -0.2) is 4.98 Å². The first-order valence-corrected chi connectivity index (χ1v) is 16.7. The number of aromatic nitrogens is 3. The molecule has 3 aliphatic rings. The summed E-state index contributed by atoms with van der Waals surface area (Å²) in [6.07, 6.45) is 15.5. The van der Waals surface area contributed by atoms with E-state index in [1.807, 2.05) is 30.6 Å². The fourth-order valence-corrected chi connectivity index (χ4v) is 6.59. The van der Waals surface area contributed by atoms with Crippen LogP contribution in [0.25, 0.3) is 16.9 Å². The predicted molar refractivity (Wildman–Crippen MR) is 171 cm³/mol. The molecule has 1 unspecified atom stereocenters. The lowest BCUT2D eigenvalue weighted by molar-refractivity contribution is -0.141. The second kappa shape index (κ2) is 13.7. The van der Waals surface area contributed by atoms with Crippen LogP contribution in [0.1, 0.15) is 87.7 Å². The summed E-state index contributed by atoms with van der Waals surface area (Å²) >= 11 is 0. The third-order valence-corrected chi connectivity index (χ3v) is 9.70. The van der Waals surface area contributed by atoms with Crippen LogP contribution in [-0.2, 0) is 22.5 Å². The Morgan fingerprint density at radius 2 is 1.73 bits per heavy atom. The lowest BCUT2D eigenvalue weighted by Crippen LogP contribution is -2.33. The molecule has 6 rings (SSSR count). The van der Waals surface area contributed by atoms with E-state index in [-0.39, 0.29) is 30.6 Å². The predicted octanol–water partition coefficient (Wildman–Crippen LogP) is 5.19. The molecule has 2 aliphatic carbocycles. The number of ether oxygens (including phenoxy) is 1. The number of nitrogens with zero attached hydrogens (tertiary/aromatic N) is 5. The van der Waals surface area contributed by atoms with Crippen molar-refractivity contribution in [2.24, 2.45) is 11.8 Å². The number of amides is 1. The van der Waals surface area contributed by atoms with Crippen LogP contribution in [0.4, 0.5) is 0 Å². The Morgan fingerprint density at radius 3 is 2.39 bits per heavy atom. The molecule has 9 heteroatoms. The van der Waals surface area contributed by atoms with Crippen molar-refractivity contribution in [3.63, 3.8) is 0 Å². The molecule has 3 aromatic heterocycles. The number of fused-ring (bicyclic) bond motifs is 1. The number of pyridine rings is 2. The lowest BCUT2D eigenvalue weighted by atomic mass is 10.1. The van der Waals surface area contributed by atoms with Gasteiger partial charge >= 0.3 is 5.97 Å². The zero-order valence-electron chi connectivity index (χ0n) is 26.4. The molecule has 1 amide bonds. The third-order valence-electron chi connectivity index (χ3n) is 9.70. The SMILES string of the molecule is CC(=O)OCCn1cc(-c2nc3ccc(C(=O)N(CCC4CC4)CCC4CC4)cn3c2CCCN2CCCC2C)ccc1=O. The van der Waals surface area contributed by atoms with E-state index in [0.717, 1.165) is 86.3 Å². The minimum Gasteiger partial charge on any atom is -0.464 e. The average Bonchev–Trinajstić information content (AvgIpc) is 3.94. The minimum absolute atomic E-state index is 0.110. The van der Waals surface area contributed by atoms with Crippen LogP contribution in [0.15, 0.2) is 41.5 Å². The van der Waals surface area contributed by atoms with Crippen molar-refractivity contribution in [2.75, 3.05) is 32.8 Å². The number of carbonyl (C=O) groups excluding carboxylic acids is 2. The summed E-state index contributed by atoms with van der Waals surface area (Å²) < 4.78 is 8.77. The quantitative estimate of drug-likeness (QED) is 0.223. The number of hydrogen-bond donors (Lipinski definition) is 0. The Balaban J connectivity index is 1.30. The van der Waals surface area contributed by atoms with E-state index in [1.54, 1.807) is 10.6 Å². The summed E-state index contributed by atoms with van der Waals surface area (Å²) in [5.74, 6) is 1.31. The summed E-state index contributed by atoms with van der Waals surface area (Å²) in [6.45, 7) is 7.91. The van der Waals surface area contributed by atoms with E-state index >= 15 is 0 Å². The average molecular weight is 602 g/mol. The molecule has 236 valence electrons. The third kappa shape index (κ3) is 7.60. The molecule has 0 spiro atoms. The van der Waals surface area contributed by atoms with Gasteiger partial charge < -0.3 is 23.5 Å². The van der Waals surface area contributed by atoms with E-state index in [1.165, 1.54) is 45.4 Å². The van der Waals surface area contributed by atoms with Gasteiger partial charge in [0.15, 0.2) is 0 Å². The van der Waals surface area contributed by atoms with Crippen LogP contribution in [0.3, 0.4) is 0 Å². The first-order valence-electron chi connectivity index (χ1n) is 16.7. The van der Waals surface area contributed by atoms with Gasteiger partial charge in [0.2, 0.25) is 0 Å². The topological polar surface area (TPSA) is 89.2 Å². The van der Waals surface area contributed by atoms with Crippen LogP contribution in [0.2, 0.25) is 0 Å². The van der Waals surface area contributed by atoms with Crippen molar-refractivity contribution in [1.82, 2.24) is 23.8 Å². The summed E-state index contributed by atoms with van der Waals surface area (Å²) in [4.78, 5) is 47.5. The number of imidazole rings is 1. The molecule has 4 heterocycles. The highest BCUT2D eigenvalue weighted by Crippen LogP contribution is 2.35. The van der Waals surface area contributed by atoms with E-state index in [4.69, 9.17) is 9.72 Å². The maximum atomic E-state index is 13.9. The van der Waals surface area contributed by atoms with Crippen molar-refractivity contribution in [2.45, 2.75) is 90.6 Å². The number of carbonyl (C=O) groups is 2. The molecule has 3 fully saturated rings. The Hall–Kier alpha value is -3.46. The molecule has 9 nitrogen and oxygen atoms in total. The minimum atomic E-state index is -0.367. The van der Waals surface area contributed by atoms with Gasteiger partial charge in [-0.15, -0.1) is 0 Å². The number of hydrogen-bond acceptors (Lipinski definition) is 6. The summed E-state index contributed by atoms with van der Waals surface area (Å²) in [5.41, 5.74) is 4.05. The Kier molecular flexibility index (Phi) is 9.50. The normalized spacial score (nSPS) is 18.6. The Labute approximate surface area is 260 Å². The van der Waals surface area contributed by atoms with Gasteiger partial charge in [-0.1, -0.05) is 25.7 Å². The highest BCUT2D eigenvalue weighted by atomic mass is 16.5.